The van der Waals surface area contributed by atoms with Gasteiger partial charge in [-0.1, -0.05) is 17.6 Å². The molecule has 0 heterocycles. The van der Waals surface area contributed by atoms with Gasteiger partial charge < -0.3 is 4.90 Å². The molecule has 0 atom stereocenters. The maximum Gasteiger partial charge on any atom is 0.227 e. The van der Waals surface area contributed by atoms with E-state index in [1.165, 1.54) is 18.4 Å². The predicted molar refractivity (Wildman–Crippen MR) is 62.3 cm³/mol. The second-order valence-corrected chi connectivity index (χ2v) is 3.90. The van der Waals surface area contributed by atoms with Crippen LogP contribution in [0.15, 0.2) is 11.6 Å². The summed E-state index contributed by atoms with van der Waals surface area (Å²) in [6.07, 6.45) is 12.7. The van der Waals surface area contributed by atoms with Crippen LogP contribution in [0.25, 0.3) is 0 Å². The zero-order valence-corrected chi connectivity index (χ0v) is 9.46. The van der Waals surface area contributed by atoms with Crippen molar-refractivity contribution < 1.29 is 4.79 Å². The van der Waals surface area contributed by atoms with E-state index in [4.69, 9.17) is 6.42 Å². The fourth-order valence-electron chi connectivity index (χ4n) is 1.86. The topological polar surface area (TPSA) is 20.3 Å². The van der Waals surface area contributed by atoms with Crippen LogP contribution in [0.5, 0.6) is 0 Å². The number of amides is 1. The Morgan fingerprint density at radius 2 is 2.40 bits per heavy atom. The first-order chi connectivity index (χ1) is 7.27. The molecule has 0 unspecified atom stereocenters. The highest BCUT2D eigenvalue weighted by atomic mass is 16.2. The summed E-state index contributed by atoms with van der Waals surface area (Å²) in [7, 11) is 0. The lowest BCUT2D eigenvalue weighted by Gasteiger charge is -2.20. The summed E-state index contributed by atoms with van der Waals surface area (Å²) in [4.78, 5) is 13.6. The van der Waals surface area contributed by atoms with E-state index in [2.05, 4.69) is 12.0 Å². The first-order valence-electron chi connectivity index (χ1n) is 5.67. The third-order valence-corrected chi connectivity index (χ3v) is 2.78. The molecule has 0 aromatic carbocycles. The highest BCUT2D eigenvalue weighted by molar-refractivity contribution is 5.79. The molecule has 0 saturated carbocycles. The second kappa shape index (κ2) is 6.29. The molecule has 0 aromatic heterocycles. The molecule has 0 bridgehead atoms. The van der Waals surface area contributed by atoms with Gasteiger partial charge in [0.2, 0.25) is 5.91 Å². The Bertz CT molecular complexity index is 285. The normalized spacial score (nSPS) is 15.3. The lowest BCUT2D eigenvalue weighted by Crippen LogP contribution is -2.31. The van der Waals surface area contributed by atoms with E-state index in [1.54, 1.807) is 4.90 Å². The van der Waals surface area contributed by atoms with Crippen molar-refractivity contribution in [2.24, 2.45) is 0 Å². The molecule has 1 aliphatic rings. The monoisotopic (exact) mass is 205 g/mol. The fourth-order valence-corrected chi connectivity index (χ4v) is 1.86. The highest BCUT2D eigenvalue weighted by Crippen LogP contribution is 2.20. The van der Waals surface area contributed by atoms with Gasteiger partial charge >= 0.3 is 0 Å². The molecule has 15 heavy (non-hydrogen) atoms. The largest absolute Gasteiger partial charge is 0.332 e. The summed E-state index contributed by atoms with van der Waals surface area (Å²) in [6.45, 7) is 3.10. The zero-order valence-electron chi connectivity index (χ0n) is 9.46. The van der Waals surface area contributed by atoms with Gasteiger partial charge in [0, 0.05) is 13.0 Å². The molecule has 1 rings (SSSR count). The number of carbonyl (C=O) groups excluding carboxylic acids is 1. The van der Waals surface area contributed by atoms with Crippen LogP contribution in [-0.4, -0.2) is 23.9 Å². The Hall–Kier alpha value is -1.23. The average molecular weight is 205 g/mol. The smallest absolute Gasteiger partial charge is 0.227 e. The molecule has 2 nitrogen and oxygen atoms in total. The summed E-state index contributed by atoms with van der Waals surface area (Å²) >= 11 is 0. The Kier molecular flexibility index (Phi) is 4.97. The molecule has 0 fully saturated rings. The van der Waals surface area contributed by atoms with E-state index in [9.17, 15) is 4.79 Å². The number of hydrogen-bond donors (Lipinski definition) is 0. The Labute approximate surface area is 92.3 Å². The van der Waals surface area contributed by atoms with Crippen molar-refractivity contribution in [2.75, 3.05) is 13.1 Å². The van der Waals surface area contributed by atoms with Gasteiger partial charge in [0.1, 0.15) is 0 Å². The van der Waals surface area contributed by atoms with E-state index < -0.39 is 0 Å². The lowest BCUT2D eigenvalue weighted by molar-refractivity contribution is -0.129. The average Bonchev–Trinajstić information content (AvgIpc) is 2.27. The van der Waals surface area contributed by atoms with Crippen LogP contribution in [0.1, 0.15) is 39.0 Å². The van der Waals surface area contributed by atoms with Gasteiger partial charge in [-0.15, -0.1) is 6.42 Å². The van der Waals surface area contributed by atoms with Gasteiger partial charge in [-0.3, -0.25) is 4.79 Å². The third kappa shape index (κ3) is 3.79. The van der Waals surface area contributed by atoms with E-state index in [0.29, 0.717) is 19.5 Å². The van der Waals surface area contributed by atoms with E-state index in [1.807, 2.05) is 6.92 Å². The number of terminal acetylenes is 1. The molecule has 0 radical (unpaired) electrons. The minimum atomic E-state index is 0.170. The molecule has 1 amide bonds. The maximum absolute atomic E-state index is 11.8. The van der Waals surface area contributed by atoms with E-state index >= 15 is 0 Å². The van der Waals surface area contributed by atoms with Crippen molar-refractivity contribution in [1.82, 2.24) is 4.90 Å². The molecule has 0 spiro atoms. The van der Waals surface area contributed by atoms with Crippen LogP contribution >= 0.6 is 0 Å². The van der Waals surface area contributed by atoms with Gasteiger partial charge in [-0.25, -0.2) is 0 Å². The Morgan fingerprint density at radius 1 is 1.60 bits per heavy atom. The molecule has 1 aliphatic carbocycles. The lowest BCUT2D eigenvalue weighted by atomic mass is 9.97. The van der Waals surface area contributed by atoms with Crippen LogP contribution in [0.3, 0.4) is 0 Å². The molecule has 0 aliphatic heterocycles. The first-order valence-corrected chi connectivity index (χ1v) is 5.67. The van der Waals surface area contributed by atoms with Gasteiger partial charge in [-0.05, 0) is 32.6 Å². The summed E-state index contributed by atoms with van der Waals surface area (Å²) in [5.41, 5.74) is 1.29. The quantitative estimate of drug-likeness (QED) is 0.509. The number of nitrogens with zero attached hydrogens (tertiary/aromatic N) is 1. The molecule has 0 saturated heterocycles. The van der Waals surface area contributed by atoms with Crippen LogP contribution in [0.4, 0.5) is 0 Å². The number of rotatable bonds is 4. The van der Waals surface area contributed by atoms with Gasteiger partial charge in [-0.2, -0.15) is 0 Å². The van der Waals surface area contributed by atoms with Gasteiger partial charge in [0.05, 0.1) is 6.54 Å². The molecular formula is C13H19NO. The van der Waals surface area contributed by atoms with Crippen LogP contribution in [0, 0.1) is 12.3 Å². The number of allylic oxidation sites excluding steroid dienone is 1. The van der Waals surface area contributed by atoms with Crippen molar-refractivity contribution in [3.05, 3.63) is 11.6 Å². The highest BCUT2D eigenvalue weighted by Gasteiger charge is 2.13. The maximum atomic E-state index is 11.8. The summed E-state index contributed by atoms with van der Waals surface area (Å²) < 4.78 is 0. The van der Waals surface area contributed by atoms with Crippen LogP contribution in [-0.2, 0) is 4.79 Å². The van der Waals surface area contributed by atoms with Crippen LogP contribution in [0.2, 0.25) is 0 Å². The molecule has 0 aromatic rings. The number of carbonyl (C=O) groups is 1. The molecule has 0 N–H and O–H groups in total. The molecule has 2 heteroatoms. The van der Waals surface area contributed by atoms with Crippen LogP contribution < -0.4 is 0 Å². The molecular weight excluding hydrogens is 186 g/mol. The minimum Gasteiger partial charge on any atom is -0.332 e. The summed E-state index contributed by atoms with van der Waals surface area (Å²) in [5, 5.41) is 0. The summed E-state index contributed by atoms with van der Waals surface area (Å²) in [6, 6.07) is 0. The SMILES string of the molecule is C#CCN(CC)C(=O)CC1=CCCCC1. The Balaban J connectivity index is 2.46. The third-order valence-electron chi connectivity index (χ3n) is 2.78. The van der Waals surface area contributed by atoms with Crippen molar-refractivity contribution in [2.45, 2.75) is 39.0 Å². The predicted octanol–water partition coefficient (Wildman–Crippen LogP) is 2.36. The van der Waals surface area contributed by atoms with Crippen molar-refractivity contribution in [3.63, 3.8) is 0 Å². The minimum absolute atomic E-state index is 0.170. The van der Waals surface area contributed by atoms with Gasteiger partial charge in [0.25, 0.3) is 0 Å². The standard InChI is InChI=1S/C13H19NO/c1-3-10-14(4-2)13(15)11-12-8-6-5-7-9-12/h1,8H,4-7,9-11H2,2H3. The second-order valence-electron chi connectivity index (χ2n) is 3.90. The molecule has 82 valence electrons. The van der Waals surface area contributed by atoms with E-state index in [-0.39, 0.29) is 5.91 Å². The summed E-state index contributed by atoms with van der Waals surface area (Å²) in [5.74, 6) is 2.69. The van der Waals surface area contributed by atoms with Crippen molar-refractivity contribution in [3.8, 4) is 12.3 Å². The van der Waals surface area contributed by atoms with Gasteiger partial charge in [0.15, 0.2) is 0 Å². The number of hydrogen-bond acceptors (Lipinski definition) is 1. The zero-order chi connectivity index (χ0) is 11.1. The first kappa shape index (κ1) is 11.8. The Morgan fingerprint density at radius 3 is 2.93 bits per heavy atom. The van der Waals surface area contributed by atoms with E-state index in [0.717, 1.165) is 12.8 Å². The van der Waals surface area contributed by atoms with Crippen molar-refractivity contribution in [1.29, 1.82) is 0 Å². The van der Waals surface area contributed by atoms with Crippen molar-refractivity contribution >= 4 is 5.91 Å². The fraction of sp³-hybridized carbons (Fsp3) is 0.615.